The van der Waals surface area contributed by atoms with Crippen LogP contribution in [0.5, 0.6) is 0 Å². The number of ketones is 1. The second-order valence-electron chi connectivity index (χ2n) is 10.2. The van der Waals surface area contributed by atoms with E-state index in [0.29, 0.717) is 0 Å². The Morgan fingerprint density at radius 3 is 2.16 bits per heavy atom. The van der Waals surface area contributed by atoms with Crippen LogP contribution >= 0.6 is 0 Å². The summed E-state index contributed by atoms with van der Waals surface area (Å²) < 4.78 is 10.3. The Balaban J connectivity index is 2.47. The average molecular weight is 514 g/mol. The topological polar surface area (TPSA) is 81.7 Å². The summed E-state index contributed by atoms with van der Waals surface area (Å²) in [4.78, 5) is 38.1. The highest BCUT2D eigenvalue weighted by atomic mass is 16.6. The molecule has 0 aliphatic rings. The van der Waals surface area contributed by atoms with Gasteiger partial charge in [-0.05, 0) is 78.4 Å². The SMILES string of the molecule is C=CCCCCCCCC/C=C/CCCNc1cccc(C(=O)C(C(=O)OCC)C(=O)OC(C)(C)C)c1. The fraction of sp³-hybridized carbons (Fsp3) is 0.581. The zero-order valence-electron chi connectivity index (χ0n) is 23.4. The van der Waals surface area contributed by atoms with Gasteiger partial charge in [-0.1, -0.05) is 56.0 Å². The molecule has 37 heavy (non-hydrogen) atoms. The Labute approximate surface area is 223 Å². The molecule has 0 spiro atoms. The van der Waals surface area contributed by atoms with Gasteiger partial charge >= 0.3 is 11.9 Å². The van der Waals surface area contributed by atoms with Crippen molar-refractivity contribution in [3.63, 3.8) is 0 Å². The van der Waals surface area contributed by atoms with E-state index in [4.69, 9.17) is 9.47 Å². The molecule has 0 fully saturated rings. The predicted octanol–water partition coefficient (Wildman–Crippen LogP) is 7.45. The third-order valence-electron chi connectivity index (χ3n) is 5.65. The van der Waals surface area contributed by atoms with Gasteiger partial charge in [-0.3, -0.25) is 14.4 Å². The first kappa shape index (κ1) is 32.1. The molecule has 1 N–H and O–H groups in total. The molecule has 0 heterocycles. The highest BCUT2D eigenvalue weighted by Crippen LogP contribution is 2.20. The van der Waals surface area contributed by atoms with Gasteiger partial charge in [0.15, 0.2) is 5.78 Å². The van der Waals surface area contributed by atoms with Gasteiger partial charge in [0.05, 0.1) is 6.61 Å². The van der Waals surface area contributed by atoms with E-state index in [9.17, 15) is 14.4 Å². The van der Waals surface area contributed by atoms with E-state index in [-0.39, 0.29) is 12.2 Å². The molecule has 0 amide bonds. The molecule has 0 bridgehead atoms. The number of ether oxygens (including phenoxy) is 2. The largest absolute Gasteiger partial charge is 0.465 e. The number of rotatable bonds is 19. The maximum absolute atomic E-state index is 13.1. The van der Waals surface area contributed by atoms with Crippen LogP contribution in [0.15, 0.2) is 49.1 Å². The van der Waals surface area contributed by atoms with Crippen molar-refractivity contribution in [2.75, 3.05) is 18.5 Å². The van der Waals surface area contributed by atoms with E-state index in [1.165, 1.54) is 38.5 Å². The number of carbonyl (C=O) groups is 3. The fourth-order valence-electron chi connectivity index (χ4n) is 3.79. The molecule has 6 heteroatoms. The highest BCUT2D eigenvalue weighted by molar-refractivity contribution is 6.21. The maximum atomic E-state index is 13.1. The lowest BCUT2D eigenvalue weighted by Gasteiger charge is -2.22. The summed E-state index contributed by atoms with van der Waals surface area (Å²) in [5, 5.41) is 3.32. The van der Waals surface area contributed by atoms with Crippen LogP contribution in [0.4, 0.5) is 5.69 Å². The lowest BCUT2D eigenvalue weighted by Crippen LogP contribution is -2.38. The number of unbranched alkanes of at least 4 members (excludes halogenated alkanes) is 8. The van der Waals surface area contributed by atoms with Crippen LogP contribution in [0.25, 0.3) is 0 Å². The number of benzene rings is 1. The minimum absolute atomic E-state index is 0.0673. The Morgan fingerprint density at radius 2 is 1.54 bits per heavy atom. The zero-order chi connectivity index (χ0) is 27.5. The van der Waals surface area contributed by atoms with Crippen molar-refractivity contribution in [3.8, 4) is 0 Å². The third kappa shape index (κ3) is 14.4. The van der Waals surface area contributed by atoms with Crippen molar-refractivity contribution in [3.05, 3.63) is 54.6 Å². The van der Waals surface area contributed by atoms with Gasteiger partial charge in [0.2, 0.25) is 5.92 Å². The molecule has 1 aromatic rings. The van der Waals surface area contributed by atoms with Gasteiger partial charge in [-0.15, -0.1) is 6.58 Å². The predicted molar refractivity (Wildman–Crippen MR) is 151 cm³/mol. The molecule has 6 nitrogen and oxygen atoms in total. The van der Waals surface area contributed by atoms with E-state index in [2.05, 4.69) is 24.0 Å². The molecule has 0 saturated heterocycles. The molecule has 0 aliphatic carbocycles. The van der Waals surface area contributed by atoms with Gasteiger partial charge in [0.25, 0.3) is 0 Å². The number of hydrogen-bond donors (Lipinski definition) is 1. The van der Waals surface area contributed by atoms with Crippen LogP contribution in [0, 0.1) is 5.92 Å². The molecule has 1 aromatic carbocycles. The van der Waals surface area contributed by atoms with E-state index in [1.54, 1.807) is 45.9 Å². The standard InChI is InChI=1S/C31H47NO5/c1-6-8-9-10-11-12-13-14-15-16-17-18-19-23-32-26-22-20-21-25(24-26)28(33)27(29(34)36-7-2)30(35)37-31(3,4)5/h6,16-17,20-22,24,27,32H,1,7-15,18-19,23H2,2-5H3/b17-16+. The summed E-state index contributed by atoms with van der Waals surface area (Å²) in [7, 11) is 0. The Hall–Kier alpha value is -2.89. The number of hydrogen-bond acceptors (Lipinski definition) is 6. The second kappa shape index (κ2) is 18.4. The summed E-state index contributed by atoms with van der Waals surface area (Å²) in [5.74, 6) is -4.06. The van der Waals surface area contributed by atoms with Crippen LogP contribution in [0.2, 0.25) is 0 Å². The summed E-state index contributed by atoms with van der Waals surface area (Å²) in [6, 6.07) is 6.84. The van der Waals surface area contributed by atoms with Crippen LogP contribution < -0.4 is 5.32 Å². The van der Waals surface area contributed by atoms with E-state index in [1.807, 2.05) is 12.1 Å². The second-order valence-corrected chi connectivity index (χ2v) is 10.2. The first-order valence-corrected chi connectivity index (χ1v) is 13.7. The van der Waals surface area contributed by atoms with Gasteiger partial charge in [0, 0.05) is 17.8 Å². The van der Waals surface area contributed by atoms with Crippen LogP contribution in [-0.4, -0.2) is 36.5 Å². The third-order valence-corrected chi connectivity index (χ3v) is 5.65. The van der Waals surface area contributed by atoms with Crippen LogP contribution in [0.3, 0.4) is 0 Å². The molecule has 0 saturated carbocycles. The van der Waals surface area contributed by atoms with Crippen molar-refractivity contribution in [2.45, 2.75) is 97.5 Å². The Bertz CT molecular complexity index is 869. The van der Waals surface area contributed by atoms with E-state index >= 15 is 0 Å². The van der Waals surface area contributed by atoms with Crippen molar-refractivity contribution in [1.82, 2.24) is 0 Å². The van der Waals surface area contributed by atoms with Crippen molar-refractivity contribution >= 4 is 23.4 Å². The van der Waals surface area contributed by atoms with Gasteiger partial charge < -0.3 is 14.8 Å². The Morgan fingerprint density at radius 1 is 0.919 bits per heavy atom. The summed E-state index contributed by atoms with van der Waals surface area (Å²) in [6.07, 6.45) is 18.4. The maximum Gasteiger partial charge on any atom is 0.328 e. The molecule has 0 aromatic heterocycles. The first-order valence-electron chi connectivity index (χ1n) is 13.7. The molecule has 1 atom stereocenters. The molecule has 1 unspecified atom stereocenters. The number of allylic oxidation sites excluding steroid dienone is 3. The summed E-state index contributed by atoms with van der Waals surface area (Å²) in [5.41, 5.74) is 0.190. The number of nitrogens with one attached hydrogen (secondary N) is 1. The monoisotopic (exact) mass is 513 g/mol. The molecular formula is C31H47NO5. The number of esters is 2. The number of anilines is 1. The minimum atomic E-state index is -1.64. The van der Waals surface area contributed by atoms with Gasteiger partial charge in [0.1, 0.15) is 5.60 Å². The molecule has 1 rings (SSSR count). The number of carbonyl (C=O) groups excluding carboxylic acids is 3. The summed E-state index contributed by atoms with van der Waals surface area (Å²) >= 11 is 0. The van der Waals surface area contributed by atoms with Crippen molar-refractivity contribution < 1.29 is 23.9 Å². The molecule has 0 aliphatic heterocycles. The van der Waals surface area contributed by atoms with Crippen LogP contribution in [-0.2, 0) is 19.1 Å². The van der Waals surface area contributed by atoms with E-state index < -0.39 is 29.2 Å². The molecule has 0 radical (unpaired) electrons. The van der Waals surface area contributed by atoms with Gasteiger partial charge in [-0.2, -0.15) is 0 Å². The van der Waals surface area contributed by atoms with Crippen molar-refractivity contribution in [2.24, 2.45) is 5.92 Å². The van der Waals surface area contributed by atoms with E-state index in [0.717, 1.165) is 37.9 Å². The zero-order valence-corrected chi connectivity index (χ0v) is 23.4. The lowest BCUT2D eigenvalue weighted by molar-refractivity contribution is -0.166. The smallest absolute Gasteiger partial charge is 0.328 e. The average Bonchev–Trinajstić information content (AvgIpc) is 2.83. The number of Topliss-reactive ketones (excluding diaryl/α,β-unsaturated/α-hetero) is 1. The molecule has 206 valence electrons. The normalized spacial score (nSPS) is 12.2. The quantitative estimate of drug-likeness (QED) is 0.0680. The Kier molecular flexibility index (Phi) is 16.0. The summed E-state index contributed by atoms with van der Waals surface area (Å²) in [6.45, 7) is 11.3. The first-order chi connectivity index (χ1) is 17.7. The lowest BCUT2D eigenvalue weighted by atomic mass is 9.97. The van der Waals surface area contributed by atoms with Crippen molar-refractivity contribution in [1.29, 1.82) is 0 Å². The fourth-order valence-corrected chi connectivity index (χ4v) is 3.79. The van der Waals surface area contributed by atoms with Crippen LogP contribution in [0.1, 0.15) is 102 Å². The minimum Gasteiger partial charge on any atom is -0.465 e. The highest BCUT2D eigenvalue weighted by Gasteiger charge is 2.39. The van der Waals surface area contributed by atoms with Gasteiger partial charge in [-0.25, -0.2) is 0 Å². The molecular weight excluding hydrogens is 466 g/mol.